The minimum Gasteiger partial charge on any atom is -0.379 e. The number of thioether (sulfide) groups is 2. The van der Waals surface area contributed by atoms with Crippen molar-refractivity contribution < 1.29 is 13.9 Å². The first kappa shape index (κ1) is 24.5. The normalized spacial score (nSPS) is 14.6. The predicted molar refractivity (Wildman–Crippen MR) is 137 cm³/mol. The average Bonchev–Trinajstić information content (AvgIpc) is 3.26. The zero-order valence-corrected chi connectivity index (χ0v) is 21.1. The van der Waals surface area contributed by atoms with Crippen LogP contribution in [0.3, 0.4) is 0 Å². The van der Waals surface area contributed by atoms with Crippen molar-refractivity contribution in [3.8, 4) is 0 Å². The largest absolute Gasteiger partial charge is 0.379 e. The van der Waals surface area contributed by atoms with Crippen LogP contribution in [0.25, 0.3) is 10.2 Å². The van der Waals surface area contributed by atoms with Gasteiger partial charge in [-0.3, -0.25) is 14.6 Å². The van der Waals surface area contributed by atoms with E-state index in [9.17, 15) is 9.18 Å². The van der Waals surface area contributed by atoms with Crippen LogP contribution in [0.15, 0.2) is 52.3 Å². The topological polar surface area (TPSA) is 45.7 Å². The maximum absolute atomic E-state index is 13.3. The van der Waals surface area contributed by atoms with E-state index in [1.807, 2.05) is 11.0 Å². The third-order valence-corrected chi connectivity index (χ3v) is 8.34. The van der Waals surface area contributed by atoms with Gasteiger partial charge in [-0.25, -0.2) is 9.37 Å². The van der Waals surface area contributed by atoms with Gasteiger partial charge in [0.05, 0.1) is 23.4 Å². The fraction of sp³-hybridized carbons (Fsp3) is 0.417. The summed E-state index contributed by atoms with van der Waals surface area (Å²) >= 11 is 4.94. The van der Waals surface area contributed by atoms with E-state index < -0.39 is 0 Å². The second kappa shape index (κ2) is 12.2. The highest BCUT2D eigenvalue weighted by Gasteiger charge is 2.21. The Kier molecular flexibility index (Phi) is 9.03. The highest BCUT2D eigenvalue weighted by molar-refractivity contribution is 7.99. The first-order valence-corrected chi connectivity index (χ1v) is 14.1. The molecule has 0 atom stereocenters. The molecule has 9 heteroatoms. The first-order chi connectivity index (χ1) is 16.1. The first-order valence-electron chi connectivity index (χ1n) is 11.1. The molecule has 3 aromatic rings. The SMILES string of the molecule is CSc1ccc2nc(N(CCN3CCOCC3)C(=O)CCCSc3ccc(F)cc3)sc2c1. The molecular weight excluding hydrogens is 477 g/mol. The second-order valence-electron chi connectivity index (χ2n) is 7.74. The number of nitrogens with zero attached hydrogens (tertiary/aromatic N) is 3. The zero-order valence-electron chi connectivity index (χ0n) is 18.7. The van der Waals surface area contributed by atoms with Crippen LogP contribution in [0.4, 0.5) is 9.52 Å². The summed E-state index contributed by atoms with van der Waals surface area (Å²) in [5, 5.41) is 0.771. The number of halogens is 1. The molecule has 176 valence electrons. The molecule has 1 aliphatic heterocycles. The van der Waals surface area contributed by atoms with Crippen molar-refractivity contribution in [2.75, 3.05) is 56.3 Å². The number of morpholine rings is 1. The van der Waals surface area contributed by atoms with E-state index in [-0.39, 0.29) is 11.7 Å². The molecule has 0 N–H and O–H groups in total. The number of hydrogen-bond acceptors (Lipinski definition) is 7. The van der Waals surface area contributed by atoms with Crippen LogP contribution in [0, 0.1) is 5.82 Å². The standard InChI is InChI=1S/C24H28FN3O2S3/c1-31-20-8-9-21-22(17-20)33-24(26-21)28(11-10-27-12-14-30-15-13-27)23(29)3-2-16-32-19-6-4-18(25)5-7-19/h4-9,17H,2-3,10-16H2,1H3. The minimum atomic E-state index is -0.231. The van der Waals surface area contributed by atoms with E-state index in [0.717, 1.165) is 65.3 Å². The van der Waals surface area contributed by atoms with Gasteiger partial charge in [-0.15, -0.1) is 23.5 Å². The molecule has 1 aliphatic rings. The molecular formula is C24H28FN3O2S3. The maximum atomic E-state index is 13.3. The summed E-state index contributed by atoms with van der Waals surface area (Å²) in [5.41, 5.74) is 0.934. The van der Waals surface area contributed by atoms with Crippen LogP contribution >= 0.6 is 34.9 Å². The fourth-order valence-electron chi connectivity index (χ4n) is 3.61. The number of benzene rings is 2. The Hall–Kier alpha value is -1.65. The number of rotatable bonds is 10. The quantitative estimate of drug-likeness (QED) is 0.272. The van der Waals surface area contributed by atoms with Gasteiger partial charge in [0.25, 0.3) is 0 Å². The third-order valence-electron chi connectivity index (χ3n) is 5.48. The van der Waals surface area contributed by atoms with Gasteiger partial charge in [0, 0.05) is 42.4 Å². The van der Waals surface area contributed by atoms with E-state index in [0.29, 0.717) is 13.0 Å². The van der Waals surface area contributed by atoms with Gasteiger partial charge in [0.15, 0.2) is 5.13 Å². The lowest BCUT2D eigenvalue weighted by molar-refractivity contribution is -0.118. The summed E-state index contributed by atoms with van der Waals surface area (Å²) in [5.74, 6) is 0.684. The molecule has 5 nitrogen and oxygen atoms in total. The number of aromatic nitrogens is 1. The van der Waals surface area contributed by atoms with Crippen molar-refractivity contribution in [3.63, 3.8) is 0 Å². The number of amides is 1. The van der Waals surface area contributed by atoms with E-state index in [1.165, 1.54) is 17.0 Å². The summed E-state index contributed by atoms with van der Waals surface area (Å²) in [4.78, 5) is 24.5. The van der Waals surface area contributed by atoms with Crippen LogP contribution < -0.4 is 4.90 Å². The Balaban J connectivity index is 1.41. The molecule has 2 heterocycles. The molecule has 1 aromatic heterocycles. The average molecular weight is 506 g/mol. The lowest BCUT2D eigenvalue weighted by atomic mass is 10.3. The molecule has 33 heavy (non-hydrogen) atoms. The Labute approximate surface area is 206 Å². The molecule has 1 amide bonds. The van der Waals surface area contributed by atoms with E-state index >= 15 is 0 Å². The number of ether oxygens (including phenoxy) is 1. The number of thiazole rings is 1. The molecule has 4 rings (SSSR count). The van der Waals surface area contributed by atoms with Crippen molar-refractivity contribution in [2.24, 2.45) is 0 Å². The Morgan fingerprint density at radius 2 is 1.94 bits per heavy atom. The monoisotopic (exact) mass is 505 g/mol. The third kappa shape index (κ3) is 6.93. The van der Waals surface area contributed by atoms with Gasteiger partial charge < -0.3 is 4.74 Å². The lowest BCUT2D eigenvalue weighted by Gasteiger charge is -2.29. The van der Waals surface area contributed by atoms with Crippen LogP contribution in [0.1, 0.15) is 12.8 Å². The summed E-state index contributed by atoms with van der Waals surface area (Å²) in [6, 6.07) is 12.7. The van der Waals surface area contributed by atoms with Gasteiger partial charge in [-0.1, -0.05) is 11.3 Å². The molecule has 0 unspecified atom stereocenters. The molecule has 0 aliphatic carbocycles. The number of carbonyl (C=O) groups excluding carboxylic acids is 1. The number of anilines is 1. The maximum Gasteiger partial charge on any atom is 0.228 e. The van der Waals surface area contributed by atoms with Crippen LogP contribution in [0.5, 0.6) is 0 Å². The van der Waals surface area contributed by atoms with E-state index in [2.05, 4.69) is 23.3 Å². The Bertz CT molecular complexity index is 1050. The molecule has 0 radical (unpaired) electrons. The molecule has 0 spiro atoms. The predicted octanol–water partition coefficient (Wildman–Crippen LogP) is 5.40. The Morgan fingerprint density at radius 1 is 1.18 bits per heavy atom. The number of fused-ring (bicyclic) bond motifs is 1. The van der Waals surface area contributed by atoms with Gasteiger partial charge in [0.2, 0.25) is 5.91 Å². The summed E-state index contributed by atoms with van der Waals surface area (Å²) in [7, 11) is 0. The van der Waals surface area contributed by atoms with Crippen molar-refractivity contribution in [1.29, 1.82) is 0 Å². The summed E-state index contributed by atoms with van der Waals surface area (Å²) in [6.07, 6.45) is 3.28. The highest BCUT2D eigenvalue weighted by atomic mass is 32.2. The molecule has 1 saturated heterocycles. The van der Waals surface area contributed by atoms with Gasteiger partial charge >= 0.3 is 0 Å². The van der Waals surface area contributed by atoms with Crippen LogP contribution in [-0.4, -0.2) is 67.2 Å². The second-order valence-corrected chi connectivity index (χ2v) is 10.8. The molecule has 2 aromatic carbocycles. The van der Waals surface area contributed by atoms with Crippen molar-refractivity contribution >= 4 is 56.1 Å². The molecule has 0 saturated carbocycles. The van der Waals surface area contributed by atoms with Crippen LogP contribution in [0.2, 0.25) is 0 Å². The van der Waals surface area contributed by atoms with Crippen molar-refractivity contribution in [1.82, 2.24) is 9.88 Å². The minimum absolute atomic E-state index is 0.104. The van der Waals surface area contributed by atoms with Gasteiger partial charge in [-0.05, 0) is 60.9 Å². The highest BCUT2D eigenvalue weighted by Crippen LogP contribution is 2.32. The summed E-state index contributed by atoms with van der Waals surface area (Å²) < 4.78 is 19.6. The van der Waals surface area contributed by atoms with E-state index in [4.69, 9.17) is 9.72 Å². The molecule has 0 bridgehead atoms. The lowest BCUT2D eigenvalue weighted by Crippen LogP contribution is -2.43. The van der Waals surface area contributed by atoms with Crippen molar-refractivity contribution in [3.05, 3.63) is 48.3 Å². The van der Waals surface area contributed by atoms with Crippen LogP contribution in [-0.2, 0) is 9.53 Å². The molecule has 1 fully saturated rings. The number of hydrogen-bond donors (Lipinski definition) is 0. The summed E-state index contributed by atoms with van der Waals surface area (Å²) in [6.45, 7) is 4.71. The van der Waals surface area contributed by atoms with Gasteiger partial charge in [-0.2, -0.15) is 0 Å². The zero-order chi connectivity index (χ0) is 23.0. The van der Waals surface area contributed by atoms with Gasteiger partial charge in [0.1, 0.15) is 5.82 Å². The van der Waals surface area contributed by atoms with Crippen molar-refractivity contribution in [2.45, 2.75) is 22.6 Å². The smallest absolute Gasteiger partial charge is 0.228 e. The fourth-order valence-corrected chi connectivity index (χ4v) is 6.02. The van der Waals surface area contributed by atoms with E-state index in [1.54, 1.807) is 47.0 Å². The number of carbonyl (C=O) groups is 1. The Morgan fingerprint density at radius 3 is 2.70 bits per heavy atom.